The minimum atomic E-state index is 0.160. The van der Waals surface area contributed by atoms with Gasteiger partial charge >= 0.3 is 0 Å². The molecule has 0 saturated heterocycles. The Hall–Kier alpha value is -1.94. The molecule has 0 amide bonds. The van der Waals surface area contributed by atoms with Gasteiger partial charge in [-0.05, 0) is 17.5 Å². The van der Waals surface area contributed by atoms with Crippen molar-refractivity contribution in [3.63, 3.8) is 0 Å². The summed E-state index contributed by atoms with van der Waals surface area (Å²) in [6.07, 6.45) is 0. The van der Waals surface area contributed by atoms with E-state index >= 15 is 0 Å². The Kier molecular flexibility index (Phi) is 3.89. The average molecular weight is 248 g/mol. The molecule has 0 N–H and O–H groups in total. The van der Waals surface area contributed by atoms with Crippen LogP contribution in [0.25, 0.3) is 10.8 Å². The zero-order valence-electron chi connectivity index (χ0n) is 10.7. The molecule has 0 fully saturated rings. The van der Waals surface area contributed by atoms with E-state index in [-0.39, 0.29) is 6.79 Å². The molecule has 0 heterocycles. The fourth-order valence-corrected chi connectivity index (χ4v) is 1.89. The number of fused-ring (bicyclic) bond motifs is 1. The maximum Gasteiger partial charge on any atom is 0.188 e. The van der Waals surface area contributed by atoms with Crippen LogP contribution >= 0.6 is 0 Å². The van der Waals surface area contributed by atoms with Gasteiger partial charge in [0.05, 0.1) is 19.6 Å². The SMILES string of the molecule is COCOc1c(OC)ccc2cccc(OC)c12. The lowest BCUT2D eigenvalue weighted by molar-refractivity contribution is 0.0502. The summed E-state index contributed by atoms with van der Waals surface area (Å²) < 4.78 is 21.2. The second-order valence-electron chi connectivity index (χ2n) is 3.71. The number of hydrogen-bond acceptors (Lipinski definition) is 4. The van der Waals surface area contributed by atoms with E-state index in [0.29, 0.717) is 11.5 Å². The average Bonchev–Trinajstić information content (AvgIpc) is 2.43. The maximum atomic E-state index is 5.61. The monoisotopic (exact) mass is 248 g/mol. The van der Waals surface area contributed by atoms with Crippen LogP contribution in [0.1, 0.15) is 0 Å². The summed E-state index contributed by atoms with van der Waals surface area (Å²) in [7, 11) is 4.82. The second kappa shape index (κ2) is 5.60. The van der Waals surface area contributed by atoms with Crippen molar-refractivity contribution in [1.29, 1.82) is 0 Å². The van der Waals surface area contributed by atoms with E-state index in [1.165, 1.54) is 0 Å². The summed E-state index contributed by atoms with van der Waals surface area (Å²) >= 11 is 0. The molecule has 2 rings (SSSR count). The summed E-state index contributed by atoms with van der Waals surface area (Å²) in [4.78, 5) is 0. The van der Waals surface area contributed by atoms with Gasteiger partial charge in [0.25, 0.3) is 0 Å². The largest absolute Gasteiger partial charge is 0.496 e. The van der Waals surface area contributed by atoms with Gasteiger partial charge in [0.15, 0.2) is 18.3 Å². The van der Waals surface area contributed by atoms with Gasteiger partial charge in [-0.15, -0.1) is 0 Å². The van der Waals surface area contributed by atoms with Gasteiger partial charge in [-0.3, -0.25) is 0 Å². The zero-order valence-corrected chi connectivity index (χ0v) is 10.7. The van der Waals surface area contributed by atoms with Gasteiger partial charge in [0.1, 0.15) is 5.75 Å². The van der Waals surface area contributed by atoms with Crippen LogP contribution in [0.3, 0.4) is 0 Å². The van der Waals surface area contributed by atoms with Gasteiger partial charge in [-0.2, -0.15) is 0 Å². The molecule has 0 atom stereocenters. The fraction of sp³-hybridized carbons (Fsp3) is 0.286. The van der Waals surface area contributed by atoms with Crippen molar-refractivity contribution < 1.29 is 18.9 Å². The van der Waals surface area contributed by atoms with Crippen molar-refractivity contribution in [2.24, 2.45) is 0 Å². The molecule has 0 saturated carbocycles. The van der Waals surface area contributed by atoms with Crippen molar-refractivity contribution in [1.82, 2.24) is 0 Å². The lowest BCUT2D eigenvalue weighted by Gasteiger charge is -2.14. The van der Waals surface area contributed by atoms with E-state index in [0.717, 1.165) is 16.5 Å². The molecule has 96 valence electrons. The number of benzene rings is 2. The Bertz CT molecular complexity index is 537. The van der Waals surface area contributed by atoms with Crippen LogP contribution in [0.5, 0.6) is 17.2 Å². The quantitative estimate of drug-likeness (QED) is 0.762. The van der Waals surface area contributed by atoms with E-state index in [9.17, 15) is 0 Å². The van der Waals surface area contributed by atoms with Crippen LogP contribution in [0, 0.1) is 0 Å². The number of ether oxygens (including phenoxy) is 4. The topological polar surface area (TPSA) is 36.9 Å². The van der Waals surface area contributed by atoms with Crippen LogP contribution in [0.2, 0.25) is 0 Å². The van der Waals surface area contributed by atoms with Crippen molar-refractivity contribution in [3.8, 4) is 17.2 Å². The Labute approximate surface area is 106 Å². The lowest BCUT2D eigenvalue weighted by atomic mass is 10.1. The third-order valence-electron chi connectivity index (χ3n) is 2.68. The van der Waals surface area contributed by atoms with E-state index in [1.54, 1.807) is 21.3 Å². The summed E-state index contributed by atoms with van der Waals surface area (Å²) in [6, 6.07) is 9.66. The number of rotatable bonds is 5. The minimum Gasteiger partial charge on any atom is -0.496 e. The molecule has 2 aromatic rings. The molecule has 4 heteroatoms. The Morgan fingerprint density at radius 2 is 1.67 bits per heavy atom. The third kappa shape index (κ3) is 2.19. The molecule has 0 aliphatic rings. The molecule has 0 radical (unpaired) electrons. The van der Waals surface area contributed by atoms with Crippen LogP contribution < -0.4 is 14.2 Å². The first-order chi connectivity index (χ1) is 8.81. The molecule has 4 nitrogen and oxygen atoms in total. The number of methoxy groups -OCH3 is 3. The van der Waals surface area contributed by atoms with Crippen molar-refractivity contribution >= 4 is 10.8 Å². The summed E-state index contributed by atoms with van der Waals surface area (Å²) in [5.74, 6) is 2.04. The standard InChI is InChI=1S/C14H16O4/c1-15-9-18-14-12(17-3)8-7-10-5-4-6-11(16-2)13(10)14/h4-8H,9H2,1-3H3. The molecule has 2 aromatic carbocycles. The molecule has 0 bridgehead atoms. The highest BCUT2D eigenvalue weighted by atomic mass is 16.7. The molecule has 0 spiro atoms. The predicted molar refractivity (Wildman–Crippen MR) is 69.6 cm³/mol. The predicted octanol–water partition coefficient (Wildman–Crippen LogP) is 2.84. The van der Waals surface area contributed by atoms with E-state index < -0.39 is 0 Å². The van der Waals surface area contributed by atoms with Crippen LogP contribution in [0.4, 0.5) is 0 Å². The van der Waals surface area contributed by atoms with E-state index in [4.69, 9.17) is 18.9 Å². The highest BCUT2D eigenvalue weighted by Crippen LogP contribution is 2.40. The highest BCUT2D eigenvalue weighted by molar-refractivity contribution is 5.95. The smallest absolute Gasteiger partial charge is 0.188 e. The first-order valence-corrected chi connectivity index (χ1v) is 5.57. The Morgan fingerprint density at radius 3 is 2.33 bits per heavy atom. The van der Waals surface area contributed by atoms with Crippen molar-refractivity contribution in [2.75, 3.05) is 28.1 Å². The van der Waals surface area contributed by atoms with Crippen LogP contribution in [0.15, 0.2) is 30.3 Å². The first kappa shape index (κ1) is 12.5. The van der Waals surface area contributed by atoms with Gasteiger partial charge in [0, 0.05) is 7.11 Å². The maximum absolute atomic E-state index is 5.61. The molecule has 0 aliphatic heterocycles. The number of hydrogen-bond donors (Lipinski definition) is 0. The molecular formula is C14H16O4. The lowest BCUT2D eigenvalue weighted by Crippen LogP contribution is -2.02. The minimum absolute atomic E-state index is 0.160. The summed E-state index contributed by atoms with van der Waals surface area (Å²) in [6.45, 7) is 0.160. The van der Waals surface area contributed by atoms with Crippen molar-refractivity contribution in [3.05, 3.63) is 30.3 Å². The normalized spacial score (nSPS) is 10.4. The summed E-state index contributed by atoms with van der Waals surface area (Å²) in [5.41, 5.74) is 0. The Morgan fingerprint density at radius 1 is 0.889 bits per heavy atom. The summed E-state index contributed by atoms with van der Waals surface area (Å²) in [5, 5.41) is 1.91. The van der Waals surface area contributed by atoms with Crippen molar-refractivity contribution in [2.45, 2.75) is 0 Å². The van der Waals surface area contributed by atoms with Gasteiger partial charge in [0.2, 0.25) is 0 Å². The highest BCUT2D eigenvalue weighted by Gasteiger charge is 2.13. The molecule has 18 heavy (non-hydrogen) atoms. The first-order valence-electron chi connectivity index (χ1n) is 5.57. The molecular weight excluding hydrogens is 232 g/mol. The third-order valence-corrected chi connectivity index (χ3v) is 2.68. The van der Waals surface area contributed by atoms with Gasteiger partial charge < -0.3 is 18.9 Å². The van der Waals surface area contributed by atoms with Crippen LogP contribution in [-0.2, 0) is 4.74 Å². The van der Waals surface area contributed by atoms with E-state index in [2.05, 4.69) is 0 Å². The molecule has 0 unspecified atom stereocenters. The molecule has 0 aliphatic carbocycles. The zero-order chi connectivity index (χ0) is 13.0. The van der Waals surface area contributed by atoms with Crippen LogP contribution in [-0.4, -0.2) is 28.1 Å². The fourth-order valence-electron chi connectivity index (χ4n) is 1.89. The van der Waals surface area contributed by atoms with Gasteiger partial charge in [-0.1, -0.05) is 18.2 Å². The van der Waals surface area contributed by atoms with Gasteiger partial charge in [-0.25, -0.2) is 0 Å². The molecule has 0 aromatic heterocycles. The Balaban J connectivity index is 2.66. The second-order valence-corrected chi connectivity index (χ2v) is 3.71. The van der Waals surface area contributed by atoms with E-state index in [1.807, 2.05) is 30.3 Å².